The van der Waals surface area contributed by atoms with Crippen molar-refractivity contribution in [2.45, 2.75) is 32.2 Å². The average molecular weight is 189 g/mol. The summed E-state index contributed by atoms with van der Waals surface area (Å²) in [5, 5.41) is 0. The lowest BCUT2D eigenvalue weighted by Gasteiger charge is -2.32. The van der Waals surface area contributed by atoms with Gasteiger partial charge in [-0.2, -0.15) is 0 Å². The van der Waals surface area contributed by atoms with Crippen LogP contribution in [0.5, 0.6) is 0 Å². The van der Waals surface area contributed by atoms with Gasteiger partial charge < -0.3 is 0 Å². The molecule has 1 aliphatic heterocycles. The largest absolute Gasteiger partial charge is 0.297 e. The van der Waals surface area contributed by atoms with Gasteiger partial charge in [-0.15, -0.1) is 0 Å². The third-order valence-corrected chi connectivity index (χ3v) is 3.19. The van der Waals surface area contributed by atoms with Gasteiger partial charge in [-0.05, 0) is 31.9 Å². The van der Waals surface area contributed by atoms with Crippen molar-refractivity contribution in [1.29, 1.82) is 0 Å². The number of nitrogens with zero attached hydrogens (tertiary/aromatic N) is 1. The first-order chi connectivity index (χ1) is 6.86. The van der Waals surface area contributed by atoms with Gasteiger partial charge in [0.2, 0.25) is 0 Å². The van der Waals surface area contributed by atoms with Crippen molar-refractivity contribution in [3.05, 3.63) is 36.0 Å². The lowest BCUT2D eigenvalue weighted by Crippen LogP contribution is -2.37. The number of hydrogen-bond donors (Lipinski definition) is 0. The lowest BCUT2D eigenvalue weighted by atomic mass is 10.0. The number of likely N-dealkylation sites (tertiary alicyclic amines) is 1. The third kappa shape index (κ3) is 2.36. The first kappa shape index (κ1) is 9.72. The second-order valence-corrected chi connectivity index (χ2v) is 4.26. The first-order valence-electron chi connectivity index (χ1n) is 5.65. The zero-order chi connectivity index (χ0) is 9.80. The molecule has 1 aliphatic carbocycles. The maximum absolute atomic E-state index is 2.58. The third-order valence-electron chi connectivity index (χ3n) is 3.19. The summed E-state index contributed by atoms with van der Waals surface area (Å²) < 4.78 is 0. The van der Waals surface area contributed by atoms with Gasteiger partial charge in [-0.1, -0.05) is 36.8 Å². The smallest absolute Gasteiger partial charge is 0.0174 e. The maximum Gasteiger partial charge on any atom is 0.0174 e. The Labute approximate surface area is 86.8 Å². The predicted octanol–water partition coefficient (Wildman–Crippen LogP) is 2.91. The zero-order valence-electron chi connectivity index (χ0n) is 8.95. The highest BCUT2D eigenvalue weighted by molar-refractivity contribution is 5.39. The Morgan fingerprint density at radius 1 is 1.36 bits per heavy atom. The van der Waals surface area contributed by atoms with Crippen molar-refractivity contribution in [2.24, 2.45) is 0 Å². The van der Waals surface area contributed by atoms with Gasteiger partial charge in [0, 0.05) is 12.6 Å². The Hall–Kier alpha value is -0.820. The molecular weight excluding hydrogens is 170 g/mol. The summed E-state index contributed by atoms with van der Waals surface area (Å²) in [5.74, 6) is 0. The number of hydrogen-bond acceptors (Lipinski definition) is 1. The molecule has 0 aromatic rings. The molecule has 0 aromatic carbocycles. The van der Waals surface area contributed by atoms with E-state index in [1.165, 1.54) is 31.4 Å². The molecule has 0 aromatic heterocycles. The van der Waals surface area contributed by atoms with Crippen molar-refractivity contribution in [3.63, 3.8) is 0 Å². The summed E-state index contributed by atoms with van der Waals surface area (Å²) in [4.78, 5) is 2.58. The minimum absolute atomic E-state index is 0.773. The molecule has 76 valence electrons. The second kappa shape index (κ2) is 4.61. The van der Waals surface area contributed by atoms with E-state index in [9.17, 15) is 0 Å². The van der Waals surface area contributed by atoms with Crippen LogP contribution >= 0.6 is 0 Å². The fourth-order valence-electron chi connectivity index (χ4n) is 2.18. The van der Waals surface area contributed by atoms with Crippen LogP contribution in [0.4, 0.5) is 0 Å². The van der Waals surface area contributed by atoms with E-state index in [0.717, 1.165) is 12.6 Å². The van der Waals surface area contributed by atoms with E-state index in [1.807, 2.05) is 0 Å². The van der Waals surface area contributed by atoms with E-state index in [-0.39, 0.29) is 0 Å². The summed E-state index contributed by atoms with van der Waals surface area (Å²) in [5.41, 5.74) is 1.36. The van der Waals surface area contributed by atoms with Crippen LogP contribution in [0.1, 0.15) is 26.2 Å². The van der Waals surface area contributed by atoms with Crippen LogP contribution in [0.15, 0.2) is 36.0 Å². The van der Waals surface area contributed by atoms with Crippen LogP contribution in [0, 0.1) is 0 Å². The topological polar surface area (TPSA) is 3.24 Å². The first-order valence-corrected chi connectivity index (χ1v) is 5.65. The monoisotopic (exact) mass is 189 g/mol. The van der Waals surface area contributed by atoms with Crippen molar-refractivity contribution in [1.82, 2.24) is 4.90 Å². The molecule has 0 spiro atoms. The Bertz CT molecular complexity index is 259. The predicted molar refractivity (Wildman–Crippen MR) is 61.2 cm³/mol. The molecule has 0 radical (unpaired) electrons. The SMILES string of the molecule is CC1CCCCN1CC=C1C=CC=C1. The van der Waals surface area contributed by atoms with Crippen LogP contribution in [-0.4, -0.2) is 24.0 Å². The van der Waals surface area contributed by atoms with Crippen LogP contribution in [0.25, 0.3) is 0 Å². The molecule has 0 saturated carbocycles. The van der Waals surface area contributed by atoms with Crippen LogP contribution in [-0.2, 0) is 0 Å². The average Bonchev–Trinajstić information content (AvgIpc) is 2.69. The summed E-state index contributed by atoms with van der Waals surface area (Å²) in [6.07, 6.45) is 15.0. The number of rotatable bonds is 2. The highest BCUT2D eigenvalue weighted by atomic mass is 15.1. The molecule has 1 heteroatoms. The maximum atomic E-state index is 2.58. The molecule has 2 rings (SSSR count). The fraction of sp³-hybridized carbons (Fsp3) is 0.538. The highest BCUT2D eigenvalue weighted by Crippen LogP contribution is 2.16. The Morgan fingerprint density at radius 2 is 2.14 bits per heavy atom. The standard InChI is InChI=1S/C13H19N/c1-12-6-4-5-10-14(12)11-9-13-7-2-3-8-13/h2-3,7-9,12H,4-6,10-11H2,1H3. The van der Waals surface area contributed by atoms with E-state index >= 15 is 0 Å². The molecule has 1 atom stereocenters. The molecule has 14 heavy (non-hydrogen) atoms. The summed E-state index contributed by atoms with van der Waals surface area (Å²) >= 11 is 0. The minimum Gasteiger partial charge on any atom is -0.297 e. The van der Waals surface area contributed by atoms with Gasteiger partial charge in [-0.3, -0.25) is 4.90 Å². The molecule has 1 heterocycles. The Kier molecular flexibility index (Phi) is 3.20. The summed E-state index contributed by atoms with van der Waals surface area (Å²) in [6.45, 7) is 4.74. The summed E-state index contributed by atoms with van der Waals surface area (Å²) in [7, 11) is 0. The molecule has 0 amide bonds. The van der Waals surface area contributed by atoms with Gasteiger partial charge in [0.15, 0.2) is 0 Å². The molecule has 2 aliphatic rings. The van der Waals surface area contributed by atoms with Crippen molar-refractivity contribution in [2.75, 3.05) is 13.1 Å². The van der Waals surface area contributed by atoms with E-state index in [1.54, 1.807) is 0 Å². The zero-order valence-corrected chi connectivity index (χ0v) is 8.95. The van der Waals surface area contributed by atoms with E-state index in [0.29, 0.717) is 0 Å². The Balaban J connectivity index is 1.87. The molecular formula is C13H19N. The van der Waals surface area contributed by atoms with Crippen LogP contribution in [0.3, 0.4) is 0 Å². The molecule has 0 N–H and O–H groups in total. The van der Waals surface area contributed by atoms with E-state index < -0.39 is 0 Å². The lowest BCUT2D eigenvalue weighted by molar-refractivity contribution is 0.178. The molecule has 0 bridgehead atoms. The Morgan fingerprint density at radius 3 is 2.86 bits per heavy atom. The highest BCUT2D eigenvalue weighted by Gasteiger charge is 2.16. The molecule has 1 saturated heterocycles. The van der Waals surface area contributed by atoms with E-state index in [4.69, 9.17) is 0 Å². The molecule has 1 nitrogen and oxygen atoms in total. The van der Waals surface area contributed by atoms with Gasteiger partial charge >= 0.3 is 0 Å². The van der Waals surface area contributed by atoms with Crippen molar-refractivity contribution < 1.29 is 0 Å². The second-order valence-electron chi connectivity index (χ2n) is 4.26. The van der Waals surface area contributed by atoms with Crippen LogP contribution < -0.4 is 0 Å². The van der Waals surface area contributed by atoms with Crippen molar-refractivity contribution in [3.8, 4) is 0 Å². The number of allylic oxidation sites excluding steroid dienone is 5. The number of piperidine rings is 1. The van der Waals surface area contributed by atoms with Gasteiger partial charge in [0.1, 0.15) is 0 Å². The van der Waals surface area contributed by atoms with Crippen LogP contribution in [0.2, 0.25) is 0 Å². The summed E-state index contributed by atoms with van der Waals surface area (Å²) in [6, 6.07) is 0.773. The van der Waals surface area contributed by atoms with Gasteiger partial charge in [0.05, 0.1) is 0 Å². The normalized spacial score (nSPS) is 27.2. The van der Waals surface area contributed by atoms with Gasteiger partial charge in [-0.25, -0.2) is 0 Å². The quantitative estimate of drug-likeness (QED) is 0.645. The molecule has 1 unspecified atom stereocenters. The van der Waals surface area contributed by atoms with Gasteiger partial charge in [0.25, 0.3) is 0 Å². The van der Waals surface area contributed by atoms with E-state index in [2.05, 4.69) is 42.2 Å². The molecule has 1 fully saturated rings. The minimum atomic E-state index is 0.773. The van der Waals surface area contributed by atoms with Crippen molar-refractivity contribution >= 4 is 0 Å². The fourth-order valence-corrected chi connectivity index (χ4v) is 2.18.